The molecule has 0 radical (unpaired) electrons. The maximum Gasteiger partial charge on any atom is 0.0736 e. The van der Waals surface area contributed by atoms with E-state index in [1.54, 1.807) is 11.3 Å². The van der Waals surface area contributed by atoms with Crippen molar-refractivity contribution in [2.24, 2.45) is 0 Å². The molecule has 1 N–H and O–H groups in total. The van der Waals surface area contributed by atoms with Crippen LogP contribution in [0.4, 0.5) is 0 Å². The highest BCUT2D eigenvalue weighted by molar-refractivity contribution is 9.11. The van der Waals surface area contributed by atoms with Gasteiger partial charge in [0.1, 0.15) is 0 Å². The zero-order valence-corrected chi connectivity index (χ0v) is 11.9. The molecule has 1 nitrogen and oxygen atoms in total. The average Bonchev–Trinajstić information content (AvgIpc) is 2.78. The summed E-state index contributed by atoms with van der Waals surface area (Å²) in [7, 11) is 0. The number of aliphatic hydroxyl groups is 1. The van der Waals surface area contributed by atoms with Crippen LogP contribution in [0.15, 0.2) is 45.6 Å². The van der Waals surface area contributed by atoms with Gasteiger partial charge in [0.25, 0.3) is 0 Å². The second-order valence-corrected chi connectivity index (χ2v) is 6.21. The first kappa shape index (κ1) is 12.8. The van der Waals surface area contributed by atoms with Gasteiger partial charge in [-0.15, -0.1) is 11.3 Å². The minimum atomic E-state index is 0.255. The van der Waals surface area contributed by atoms with Crippen LogP contribution in [0.1, 0.15) is 29.9 Å². The van der Waals surface area contributed by atoms with Gasteiger partial charge in [0, 0.05) is 12.5 Å². The second kappa shape index (κ2) is 6.34. The molecular weight excluding hydrogens is 296 g/mol. The molecule has 0 fully saturated rings. The second-order valence-electron chi connectivity index (χ2n) is 3.98. The Morgan fingerprint density at radius 3 is 2.53 bits per heavy atom. The highest BCUT2D eigenvalue weighted by Crippen LogP contribution is 2.36. The van der Waals surface area contributed by atoms with Crippen molar-refractivity contribution in [3.05, 3.63) is 56.7 Å². The Kier molecular flexibility index (Phi) is 4.77. The van der Waals surface area contributed by atoms with E-state index in [1.165, 1.54) is 14.9 Å². The number of benzene rings is 1. The van der Waals surface area contributed by atoms with E-state index in [0.29, 0.717) is 5.92 Å². The maximum atomic E-state index is 9.02. The van der Waals surface area contributed by atoms with Crippen molar-refractivity contribution in [1.82, 2.24) is 0 Å². The number of aliphatic hydroxyl groups excluding tert-OH is 1. The van der Waals surface area contributed by atoms with Crippen LogP contribution in [-0.4, -0.2) is 11.7 Å². The fourth-order valence-corrected chi connectivity index (χ4v) is 3.45. The number of thiophene rings is 1. The van der Waals surface area contributed by atoms with Crippen LogP contribution in [0.2, 0.25) is 0 Å². The molecule has 0 spiro atoms. The molecule has 0 aliphatic heterocycles. The van der Waals surface area contributed by atoms with Crippen molar-refractivity contribution in [2.75, 3.05) is 6.61 Å². The van der Waals surface area contributed by atoms with E-state index in [-0.39, 0.29) is 6.61 Å². The molecule has 0 amide bonds. The quantitative estimate of drug-likeness (QED) is 0.867. The molecule has 0 aliphatic carbocycles. The number of halogens is 1. The summed E-state index contributed by atoms with van der Waals surface area (Å²) >= 11 is 5.33. The summed E-state index contributed by atoms with van der Waals surface area (Å²) in [6.45, 7) is 0.255. The Labute approximate surface area is 114 Å². The summed E-state index contributed by atoms with van der Waals surface area (Å²) in [5.74, 6) is 0.379. The Morgan fingerprint density at radius 1 is 1.18 bits per heavy atom. The predicted octanol–water partition coefficient (Wildman–Crippen LogP) is 4.42. The number of hydrogen-bond donors (Lipinski definition) is 1. The molecule has 0 bridgehead atoms. The molecule has 1 aromatic carbocycles. The summed E-state index contributed by atoms with van der Waals surface area (Å²) in [6, 6.07) is 12.7. The van der Waals surface area contributed by atoms with Crippen LogP contribution < -0.4 is 0 Å². The van der Waals surface area contributed by atoms with Gasteiger partial charge in [0.15, 0.2) is 0 Å². The first-order chi connectivity index (χ1) is 8.33. The third-order valence-electron chi connectivity index (χ3n) is 2.87. The van der Waals surface area contributed by atoms with Crippen molar-refractivity contribution in [1.29, 1.82) is 0 Å². The van der Waals surface area contributed by atoms with Crippen LogP contribution in [0, 0.1) is 0 Å². The van der Waals surface area contributed by atoms with E-state index in [1.807, 2.05) is 6.07 Å². The summed E-state index contributed by atoms with van der Waals surface area (Å²) in [6.07, 6.45) is 1.82. The zero-order valence-electron chi connectivity index (χ0n) is 9.47. The smallest absolute Gasteiger partial charge is 0.0736 e. The number of rotatable bonds is 5. The van der Waals surface area contributed by atoms with Crippen molar-refractivity contribution in [3.8, 4) is 0 Å². The van der Waals surface area contributed by atoms with Gasteiger partial charge in [0.05, 0.1) is 3.79 Å². The lowest BCUT2D eigenvalue weighted by molar-refractivity contribution is 0.282. The Bertz CT molecular complexity index is 452. The van der Waals surface area contributed by atoms with Crippen molar-refractivity contribution in [3.63, 3.8) is 0 Å². The average molecular weight is 311 g/mol. The fourth-order valence-electron chi connectivity index (χ4n) is 2.04. The van der Waals surface area contributed by atoms with Gasteiger partial charge in [0.2, 0.25) is 0 Å². The molecule has 0 saturated carbocycles. The molecule has 1 aromatic heterocycles. The molecule has 0 aliphatic rings. The highest BCUT2D eigenvalue weighted by atomic mass is 79.9. The van der Waals surface area contributed by atoms with E-state index in [2.05, 4.69) is 51.6 Å². The van der Waals surface area contributed by atoms with Crippen molar-refractivity contribution >= 4 is 27.3 Å². The predicted molar refractivity (Wildman–Crippen MR) is 76.6 cm³/mol. The van der Waals surface area contributed by atoms with Gasteiger partial charge in [-0.25, -0.2) is 0 Å². The van der Waals surface area contributed by atoms with Crippen LogP contribution >= 0.6 is 27.3 Å². The van der Waals surface area contributed by atoms with E-state index < -0.39 is 0 Å². The summed E-state index contributed by atoms with van der Waals surface area (Å²) in [4.78, 5) is 0. The lowest BCUT2D eigenvalue weighted by Crippen LogP contribution is -2.01. The minimum absolute atomic E-state index is 0.255. The summed E-state index contributed by atoms with van der Waals surface area (Å²) in [5, 5.41) is 11.1. The normalized spacial score (nSPS) is 12.6. The molecule has 3 heteroatoms. The molecule has 1 unspecified atom stereocenters. The van der Waals surface area contributed by atoms with Gasteiger partial charge in [-0.05, 0) is 51.3 Å². The molecule has 0 saturated heterocycles. The standard InChI is InChI=1S/C14H15BrOS/c15-14-13(8-10-17-14)12(7-4-9-16)11-5-2-1-3-6-11/h1-3,5-6,8,10,12,16H,4,7,9H2. The van der Waals surface area contributed by atoms with E-state index >= 15 is 0 Å². The molecule has 2 aromatic rings. The molecule has 1 heterocycles. The van der Waals surface area contributed by atoms with E-state index in [4.69, 9.17) is 5.11 Å². The first-order valence-electron chi connectivity index (χ1n) is 5.71. The lowest BCUT2D eigenvalue weighted by Gasteiger charge is -2.16. The van der Waals surface area contributed by atoms with Gasteiger partial charge in [-0.3, -0.25) is 0 Å². The van der Waals surface area contributed by atoms with Gasteiger partial charge < -0.3 is 5.11 Å². The fraction of sp³-hybridized carbons (Fsp3) is 0.286. The molecule has 1 atom stereocenters. The third-order valence-corrected chi connectivity index (χ3v) is 4.61. The van der Waals surface area contributed by atoms with Crippen LogP contribution in [0.25, 0.3) is 0 Å². The molecular formula is C14H15BrOS. The summed E-state index contributed by atoms with van der Waals surface area (Å²) < 4.78 is 1.20. The highest BCUT2D eigenvalue weighted by Gasteiger charge is 2.16. The van der Waals surface area contributed by atoms with Crippen LogP contribution in [0.3, 0.4) is 0 Å². The third kappa shape index (κ3) is 3.18. The maximum absolute atomic E-state index is 9.02. The molecule has 90 valence electrons. The largest absolute Gasteiger partial charge is 0.396 e. The van der Waals surface area contributed by atoms with E-state index in [0.717, 1.165) is 12.8 Å². The van der Waals surface area contributed by atoms with Crippen molar-refractivity contribution in [2.45, 2.75) is 18.8 Å². The molecule has 17 heavy (non-hydrogen) atoms. The number of hydrogen-bond acceptors (Lipinski definition) is 2. The van der Waals surface area contributed by atoms with Gasteiger partial charge >= 0.3 is 0 Å². The summed E-state index contributed by atoms with van der Waals surface area (Å²) in [5.41, 5.74) is 2.65. The topological polar surface area (TPSA) is 20.2 Å². The van der Waals surface area contributed by atoms with Crippen LogP contribution in [0.5, 0.6) is 0 Å². The first-order valence-corrected chi connectivity index (χ1v) is 7.39. The van der Waals surface area contributed by atoms with Crippen LogP contribution in [-0.2, 0) is 0 Å². The monoisotopic (exact) mass is 310 g/mol. The minimum Gasteiger partial charge on any atom is -0.396 e. The lowest BCUT2D eigenvalue weighted by atomic mass is 9.89. The Hall–Kier alpha value is -0.640. The van der Waals surface area contributed by atoms with Gasteiger partial charge in [-0.1, -0.05) is 30.3 Å². The zero-order chi connectivity index (χ0) is 12.1. The molecule has 2 rings (SSSR count). The Balaban J connectivity index is 2.29. The van der Waals surface area contributed by atoms with E-state index in [9.17, 15) is 0 Å². The van der Waals surface area contributed by atoms with Crippen molar-refractivity contribution < 1.29 is 5.11 Å². The SMILES string of the molecule is OCCCC(c1ccccc1)c1ccsc1Br. The Morgan fingerprint density at radius 2 is 1.94 bits per heavy atom. The van der Waals surface area contributed by atoms with Gasteiger partial charge in [-0.2, -0.15) is 0 Å².